The SMILES string of the molecule is CCC1(CC)c2c(C)cc(C)cc2-c2c(C)c(-c3cc(C)cc(C)c3)nc[n+]2C1C. The van der Waals surface area contributed by atoms with E-state index in [1.165, 1.54) is 44.6 Å². The van der Waals surface area contributed by atoms with E-state index in [0.29, 0.717) is 6.04 Å². The summed E-state index contributed by atoms with van der Waals surface area (Å²) in [5.41, 5.74) is 13.4. The smallest absolute Gasteiger partial charge is 0.226 e. The van der Waals surface area contributed by atoms with E-state index >= 15 is 0 Å². The first kappa shape index (κ1) is 20.8. The van der Waals surface area contributed by atoms with Gasteiger partial charge >= 0.3 is 0 Å². The van der Waals surface area contributed by atoms with Gasteiger partial charge in [0, 0.05) is 22.1 Å². The van der Waals surface area contributed by atoms with Gasteiger partial charge in [-0.3, -0.25) is 0 Å². The van der Waals surface area contributed by atoms with E-state index < -0.39 is 0 Å². The van der Waals surface area contributed by atoms with E-state index in [4.69, 9.17) is 4.98 Å². The average Bonchev–Trinajstić information content (AvgIpc) is 2.68. The van der Waals surface area contributed by atoms with Crippen molar-refractivity contribution in [3.8, 4) is 22.5 Å². The molecule has 0 amide bonds. The number of hydrogen-bond donors (Lipinski definition) is 0. The van der Waals surface area contributed by atoms with Gasteiger partial charge in [-0.15, -0.1) is 0 Å². The highest BCUT2D eigenvalue weighted by atomic mass is 15.1. The fraction of sp³-hybridized carbons (Fsp3) is 0.429. The lowest BCUT2D eigenvalue weighted by Crippen LogP contribution is -2.55. The molecule has 0 saturated carbocycles. The van der Waals surface area contributed by atoms with Gasteiger partial charge in [0.2, 0.25) is 0 Å². The number of fused-ring (bicyclic) bond motifs is 3. The van der Waals surface area contributed by atoms with E-state index in [0.717, 1.165) is 18.5 Å². The lowest BCUT2D eigenvalue weighted by Gasteiger charge is -2.43. The number of hydrogen-bond acceptors (Lipinski definition) is 1. The lowest BCUT2D eigenvalue weighted by molar-refractivity contribution is -0.724. The van der Waals surface area contributed by atoms with Crippen LogP contribution in [0.4, 0.5) is 0 Å². The molecular formula is C28H35N2+. The number of aryl methyl sites for hydroxylation is 4. The van der Waals surface area contributed by atoms with Crippen molar-refractivity contribution in [3.63, 3.8) is 0 Å². The lowest BCUT2D eigenvalue weighted by atomic mass is 9.64. The molecule has 0 fully saturated rings. The fourth-order valence-corrected chi connectivity index (χ4v) is 6.10. The van der Waals surface area contributed by atoms with Crippen molar-refractivity contribution in [1.29, 1.82) is 0 Å². The Morgan fingerprint density at radius 2 is 1.47 bits per heavy atom. The third kappa shape index (κ3) is 2.92. The highest BCUT2D eigenvalue weighted by Crippen LogP contribution is 2.49. The summed E-state index contributed by atoms with van der Waals surface area (Å²) in [6.07, 6.45) is 4.36. The Labute approximate surface area is 182 Å². The van der Waals surface area contributed by atoms with Crippen LogP contribution in [-0.4, -0.2) is 4.98 Å². The maximum atomic E-state index is 5.01. The standard InChI is InChI=1S/C28H35N2/c1-9-28(10-2)22(8)30-16-29-26(23-13-17(3)11-18(4)14-23)21(7)27(30)24-15-19(5)12-20(6)25(24)28/h11-16,22H,9-10H2,1-8H3/q+1. The Hall–Kier alpha value is -2.48. The second-order valence-electron chi connectivity index (χ2n) is 9.39. The third-order valence-electron chi connectivity index (χ3n) is 7.49. The molecule has 0 N–H and O–H groups in total. The van der Waals surface area contributed by atoms with Crippen LogP contribution in [0, 0.1) is 34.6 Å². The van der Waals surface area contributed by atoms with Crippen molar-refractivity contribution in [2.24, 2.45) is 0 Å². The average molecular weight is 400 g/mol. The number of benzene rings is 2. The van der Waals surface area contributed by atoms with Gasteiger partial charge in [-0.2, -0.15) is 0 Å². The van der Waals surface area contributed by atoms with Crippen molar-refractivity contribution in [1.82, 2.24) is 4.98 Å². The van der Waals surface area contributed by atoms with E-state index in [-0.39, 0.29) is 5.41 Å². The van der Waals surface area contributed by atoms with Gasteiger partial charge in [0.05, 0.1) is 0 Å². The van der Waals surface area contributed by atoms with Crippen molar-refractivity contribution in [2.75, 3.05) is 0 Å². The molecule has 1 aliphatic heterocycles. The van der Waals surface area contributed by atoms with Gasteiger partial charge in [0.25, 0.3) is 6.33 Å². The summed E-state index contributed by atoms with van der Waals surface area (Å²) < 4.78 is 2.45. The van der Waals surface area contributed by atoms with E-state index in [9.17, 15) is 0 Å². The zero-order valence-corrected chi connectivity index (χ0v) is 19.9. The molecule has 156 valence electrons. The number of nitrogens with zero attached hydrogens (tertiary/aromatic N) is 2. The molecule has 4 rings (SSSR count). The van der Waals surface area contributed by atoms with Crippen molar-refractivity contribution < 1.29 is 4.57 Å². The molecule has 1 aliphatic rings. The molecule has 2 heterocycles. The van der Waals surface area contributed by atoms with Gasteiger partial charge < -0.3 is 0 Å². The van der Waals surface area contributed by atoms with Gasteiger partial charge in [-0.1, -0.05) is 42.7 Å². The molecule has 3 aromatic rings. The summed E-state index contributed by atoms with van der Waals surface area (Å²) in [7, 11) is 0. The quantitative estimate of drug-likeness (QED) is 0.439. The van der Waals surface area contributed by atoms with Crippen LogP contribution in [0.2, 0.25) is 0 Å². The van der Waals surface area contributed by atoms with Crippen LogP contribution >= 0.6 is 0 Å². The molecule has 1 unspecified atom stereocenters. The summed E-state index contributed by atoms with van der Waals surface area (Å²) in [4.78, 5) is 5.01. The molecule has 2 heteroatoms. The molecule has 1 aromatic heterocycles. The summed E-state index contributed by atoms with van der Waals surface area (Å²) >= 11 is 0. The third-order valence-corrected chi connectivity index (χ3v) is 7.49. The molecule has 1 atom stereocenters. The highest BCUT2D eigenvalue weighted by Gasteiger charge is 2.47. The predicted molar refractivity (Wildman–Crippen MR) is 126 cm³/mol. The first-order chi connectivity index (χ1) is 14.2. The van der Waals surface area contributed by atoms with Gasteiger partial charge in [0.15, 0.2) is 5.69 Å². The Morgan fingerprint density at radius 3 is 2.07 bits per heavy atom. The topological polar surface area (TPSA) is 16.8 Å². The molecule has 0 saturated heterocycles. The summed E-state index contributed by atoms with van der Waals surface area (Å²) in [5, 5.41) is 0. The summed E-state index contributed by atoms with van der Waals surface area (Å²) in [5.74, 6) is 0. The Kier molecular flexibility index (Phi) is 5.08. The molecule has 0 radical (unpaired) electrons. The molecular weight excluding hydrogens is 364 g/mol. The first-order valence-electron chi connectivity index (χ1n) is 11.3. The predicted octanol–water partition coefficient (Wildman–Crippen LogP) is 6.88. The Bertz CT molecular complexity index is 1120. The monoisotopic (exact) mass is 399 g/mol. The minimum Gasteiger partial charge on any atom is -0.226 e. The first-order valence-corrected chi connectivity index (χ1v) is 11.3. The molecule has 0 bridgehead atoms. The molecule has 2 nitrogen and oxygen atoms in total. The number of aromatic nitrogens is 2. The second kappa shape index (κ2) is 7.34. The molecule has 0 spiro atoms. The number of rotatable bonds is 3. The van der Waals surface area contributed by atoms with E-state index in [2.05, 4.69) is 96.6 Å². The Balaban J connectivity index is 2.08. The normalized spacial score (nSPS) is 16.9. The highest BCUT2D eigenvalue weighted by molar-refractivity contribution is 5.76. The summed E-state index contributed by atoms with van der Waals surface area (Å²) in [6.45, 7) is 18.2. The van der Waals surface area contributed by atoms with E-state index in [1.54, 1.807) is 5.56 Å². The van der Waals surface area contributed by atoms with Crippen LogP contribution in [0.1, 0.15) is 73.0 Å². The Morgan fingerprint density at radius 1 is 0.867 bits per heavy atom. The second-order valence-corrected chi connectivity index (χ2v) is 9.39. The van der Waals surface area contributed by atoms with Crippen molar-refractivity contribution >= 4 is 0 Å². The zero-order chi connectivity index (χ0) is 21.8. The van der Waals surface area contributed by atoms with Gasteiger partial charge in [-0.05, 0) is 88.7 Å². The van der Waals surface area contributed by atoms with Crippen LogP contribution in [0.3, 0.4) is 0 Å². The van der Waals surface area contributed by atoms with Crippen LogP contribution in [0.15, 0.2) is 36.7 Å². The maximum Gasteiger partial charge on any atom is 0.287 e. The fourth-order valence-electron chi connectivity index (χ4n) is 6.10. The van der Waals surface area contributed by atoms with Crippen LogP contribution < -0.4 is 4.57 Å². The molecule has 0 aliphatic carbocycles. The van der Waals surface area contributed by atoms with E-state index in [1.807, 2.05) is 0 Å². The van der Waals surface area contributed by atoms with Gasteiger partial charge in [-0.25, -0.2) is 4.57 Å². The minimum atomic E-state index is 0.139. The van der Waals surface area contributed by atoms with Crippen LogP contribution in [0.25, 0.3) is 22.5 Å². The zero-order valence-electron chi connectivity index (χ0n) is 19.9. The van der Waals surface area contributed by atoms with Gasteiger partial charge in [0.1, 0.15) is 11.7 Å². The largest absolute Gasteiger partial charge is 0.287 e. The molecule has 30 heavy (non-hydrogen) atoms. The molecule has 2 aromatic carbocycles. The minimum absolute atomic E-state index is 0.139. The maximum absolute atomic E-state index is 5.01. The van der Waals surface area contributed by atoms with Crippen molar-refractivity contribution in [3.05, 3.63) is 70.0 Å². The summed E-state index contributed by atoms with van der Waals surface area (Å²) in [6, 6.07) is 11.9. The van der Waals surface area contributed by atoms with Crippen LogP contribution in [-0.2, 0) is 5.41 Å². The van der Waals surface area contributed by atoms with Crippen LogP contribution in [0.5, 0.6) is 0 Å². The van der Waals surface area contributed by atoms with Crippen molar-refractivity contribution in [2.45, 2.75) is 79.7 Å².